The number of nitrogens with two attached hydrogens (primary N) is 1. The molecule has 0 amide bonds. The molecule has 8 heteroatoms. The Morgan fingerprint density at radius 1 is 1.37 bits per heavy atom. The van der Waals surface area contributed by atoms with Crippen molar-refractivity contribution in [3.63, 3.8) is 0 Å². The molecule has 1 aliphatic rings. The quantitative estimate of drug-likeness (QED) is 0.221. The molecule has 0 spiro atoms. The van der Waals surface area contributed by atoms with Crippen molar-refractivity contribution in [2.24, 2.45) is 10.9 Å². The van der Waals surface area contributed by atoms with Crippen molar-refractivity contribution in [1.29, 1.82) is 0 Å². The third-order valence-electron chi connectivity index (χ3n) is 2.85. The molecule has 0 aliphatic heterocycles. The van der Waals surface area contributed by atoms with Crippen molar-refractivity contribution in [3.8, 4) is 0 Å². The predicted octanol–water partition coefficient (Wildman–Crippen LogP) is 1.56. The highest BCUT2D eigenvalue weighted by atomic mass is 19.4. The van der Waals surface area contributed by atoms with E-state index in [4.69, 9.17) is 10.9 Å². The van der Waals surface area contributed by atoms with Gasteiger partial charge in [-0.25, -0.2) is 0 Å². The smallest absolute Gasteiger partial charge is 0.409 e. The summed E-state index contributed by atoms with van der Waals surface area (Å²) in [5, 5.41) is 11.3. The van der Waals surface area contributed by atoms with E-state index in [1.807, 2.05) is 0 Å². The molecule has 0 unspecified atom stereocenters. The third-order valence-corrected chi connectivity index (χ3v) is 2.85. The van der Waals surface area contributed by atoms with E-state index in [0.29, 0.717) is 32.0 Å². The summed E-state index contributed by atoms with van der Waals surface area (Å²) in [5.41, 5.74) is 5.39. The summed E-state index contributed by atoms with van der Waals surface area (Å²) in [6.07, 6.45) is -1.07. The van der Waals surface area contributed by atoms with E-state index >= 15 is 0 Å². The maximum Gasteiger partial charge on any atom is 0.411 e. The van der Waals surface area contributed by atoms with Crippen LogP contribution >= 0.6 is 0 Å². The Labute approximate surface area is 110 Å². The second-order valence-electron chi connectivity index (χ2n) is 4.63. The first-order valence-corrected chi connectivity index (χ1v) is 6.27. The van der Waals surface area contributed by atoms with E-state index < -0.39 is 12.8 Å². The third kappa shape index (κ3) is 7.89. The van der Waals surface area contributed by atoms with Crippen LogP contribution in [0.4, 0.5) is 13.2 Å². The Morgan fingerprint density at radius 2 is 2.05 bits per heavy atom. The van der Waals surface area contributed by atoms with Gasteiger partial charge in [0.2, 0.25) is 0 Å². The van der Waals surface area contributed by atoms with Gasteiger partial charge >= 0.3 is 6.18 Å². The van der Waals surface area contributed by atoms with E-state index in [-0.39, 0.29) is 12.4 Å². The van der Waals surface area contributed by atoms with Gasteiger partial charge in [0.25, 0.3) is 0 Å². The highest BCUT2D eigenvalue weighted by Crippen LogP contribution is 2.27. The Kier molecular flexibility index (Phi) is 6.36. The van der Waals surface area contributed by atoms with Crippen LogP contribution in [-0.2, 0) is 4.74 Å². The maximum atomic E-state index is 11.8. The van der Waals surface area contributed by atoms with Crippen LogP contribution < -0.4 is 5.73 Å². The molecule has 0 radical (unpaired) electrons. The summed E-state index contributed by atoms with van der Waals surface area (Å²) in [4.78, 5) is 2.15. The van der Waals surface area contributed by atoms with Crippen LogP contribution in [0.2, 0.25) is 0 Å². The van der Waals surface area contributed by atoms with Gasteiger partial charge in [-0.1, -0.05) is 5.16 Å². The molecular formula is C11H20F3N3O2. The van der Waals surface area contributed by atoms with Gasteiger partial charge in [-0.2, -0.15) is 13.2 Å². The molecule has 1 saturated carbocycles. The average Bonchev–Trinajstić information content (AvgIpc) is 3.14. The minimum absolute atomic E-state index is 0.0896. The van der Waals surface area contributed by atoms with Crippen LogP contribution in [0.5, 0.6) is 0 Å². The molecule has 19 heavy (non-hydrogen) atoms. The number of halogens is 3. The standard InChI is InChI=1S/C11H20F3N3O2/c12-11(13,14)8-19-7-1-5-17(9-2-3-9)6-4-10(15)16-18/h9,18H,1-8H2,(H2,15,16). The summed E-state index contributed by atoms with van der Waals surface area (Å²) < 4.78 is 40.1. The van der Waals surface area contributed by atoms with Gasteiger partial charge in [0.05, 0.1) is 0 Å². The summed E-state index contributed by atoms with van der Waals surface area (Å²) in [6.45, 7) is 0.216. The van der Waals surface area contributed by atoms with Gasteiger partial charge in [0.15, 0.2) is 0 Å². The van der Waals surface area contributed by atoms with Crippen molar-refractivity contribution in [2.45, 2.75) is 37.9 Å². The van der Waals surface area contributed by atoms with Crippen molar-refractivity contribution in [3.05, 3.63) is 0 Å². The van der Waals surface area contributed by atoms with Crippen molar-refractivity contribution < 1.29 is 23.1 Å². The summed E-state index contributed by atoms with van der Waals surface area (Å²) in [5.74, 6) is 0.166. The molecule has 0 bridgehead atoms. The van der Waals surface area contributed by atoms with Crippen LogP contribution in [0.1, 0.15) is 25.7 Å². The molecule has 1 fully saturated rings. The first kappa shape index (κ1) is 16.0. The topological polar surface area (TPSA) is 71.1 Å². The van der Waals surface area contributed by atoms with E-state index in [2.05, 4.69) is 14.8 Å². The minimum Gasteiger partial charge on any atom is -0.409 e. The molecule has 0 saturated heterocycles. The lowest BCUT2D eigenvalue weighted by molar-refractivity contribution is -0.174. The monoisotopic (exact) mass is 283 g/mol. The van der Waals surface area contributed by atoms with E-state index in [9.17, 15) is 13.2 Å². The summed E-state index contributed by atoms with van der Waals surface area (Å²) in [7, 11) is 0. The number of ether oxygens (including phenoxy) is 1. The number of oxime groups is 1. The molecule has 5 nitrogen and oxygen atoms in total. The Bertz CT molecular complexity index is 293. The molecule has 112 valence electrons. The Hall–Kier alpha value is -1.02. The van der Waals surface area contributed by atoms with Crippen LogP contribution in [-0.4, -0.2) is 54.5 Å². The fourth-order valence-electron chi connectivity index (χ4n) is 1.78. The normalized spacial score (nSPS) is 17.2. The second-order valence-corrected chi connectivity index (χ2v) is 4.63. The molecule has 0 atom stereocenters. The van der Waals surface area contributed by atoms with Gasteiger partial charge < -0.3 is 15.7 Å². The van der Waals surface area contributed by atoms with Gasteiger partial charge in [-0.3, -0.25) is 4.90 Å². The Morgan fingerprint density at radius 3 is 2.58 bits per heavy atom. The molecule has 1 rings (SSSR count). The highest BCUT2D eigenvalue weighted by Gasteiger charge is 2.29. The predicted molar refractivity (Wildman–Crippen MR) is 64.1 cm³/mol. The van der Waals surface area contributed by atoms with E-state index in [1.165, 1.54) is 0 Å². The van der Waals surface area contributed by atoms with Crippen LogP contribution in [0.25, 0.3) is 0 Å². The number of hydrogen-bond acceptors (Lipinski definition) is 4. The zero-order valence-electron chi connectivity index (χ0n) is 10.7. The van der Waals surface area contributed by atoms with E-state index in [0.717, 1.165) is 12.8 Å². The van der Waals surface area contributed by atoms with Crippen molar-refractivity contribution in [2.75, 3.05) is 26.3 Å². The fraction of sp³-hybridized carbons (Fsp3) is 0.909. The summed E-state index contributed by atoms with van der Waals surface area (Å²) >= 11 is 0. The molecule has 0 aromatic carbocycles. The average molecular weight is 283 g/mol. The Balaban J connectivity index is 2.13. The molecule has 3 N–H and O–H groups in total. The maximum absolute atomic E-state index is 11.8. The minimum atomic E-state index is -4.26. The number of rotatable bonds is 9. The van der Waals surface area contributed by atoms with Crippen LogP contribution in [0, 0.1) is 0 Å². The van der Waals surface area contributed by atoms with Gasteiger partial charge in [-0.05, 0) is 19.3 Å². The highest BCUT2D eigenvalue weighted by molar-refractivity contribution is 5.79. The number of alkyl halides is 3. The lowest BCUT2D eigenvalue weighted by Gasteiger charge is -2.21. The van der Waals surface area contributed by atoms with Gasteiger partial charge in [-0.15, -0.1) is 0 Å². The zero-order chi connectivity index (χ0) is 14.3. The number of nitrogens with zero attached hydrogens (tertiary/aromatic N) is 2. The first-order valence-electron chi connectivity index (χ1n) is 6.27. The second kappa shape index (κ2) is 7.54. The summed E-state index contributed by atoms with van der Waals surface area (Å²) in [6, 6.07) is 0.481. The molecule has 1 aliphatic carbocycles. The lowest BCUT2D eigenvalue weighted by Crippen LogP contribution is -2.32. The molecule has 0 heterocycles. The van der Waals surface area contributed by atoms with Crippen molar-refractivity contribution >= 4 is 5.84 Å². The van der Waals surface area contributed by atoms with E-state index in [1.54, 1.807) is 0 Å². The zero-order valence-corrected chi connectivity index (χ0v) is 10.7. The SMILES string of the molecule is NC(CCN(CCCOCC(F)(F)F)C1CC1)=NO. The van der Waals surface area contributed by atoms with Crippen molar-refractivity contribution in [1.82, 2.24) is 4.90 Å². The molecule has 0 aromatic rings. The van der Waals surface area contributed by atoms with Crippen LogP contribution in [0.15, 0.2) is 5.16 Å². The van der Waals surface area contributed by atoms with Gasteiger partial charge in [0, 0.05) is 32.2 Å². The van der Waals surface area contributed by atoms with Crippen LogP contribution in [0.3, 0.4) is 0 Å². The molecular weight excluding hydrogens is 263 g/mol. The molecule has 0 aromatic heterocycles. The number of hydrogen-bond donors (Lipinski definition) is 2. The van der Waals surface area contributed by atoms with Gasteiger partial charge in [0.1, 0.15) is 12.4 Å². The fourth-order valence-corrected chi connectivity index (χ4v) is 1.78. The largest absolute Gasteiger partial charge is 0.411 e. The first-order chi connectivity index (χ1) is 8.92. The number of amidine groups is 1. The lowest BCUT2D eigenvalue weighted by atomic mass is 10.3.